The summed E-state index contributed by atoms with van der Waals surface area (Å²) in [6.45, 7) is 3.95. The number of carbonyl (C=O) groups excluding carboxylic acids is 1. The van der Waals surface area contributed by atoms with E-state index in [-0.39, 0.29) is 11.6 Å². The number of hydrogen-bond donors (Lipinski definition) is 1. The van der Waals surface area contributed by atoms with E-state index in [1.165, 1.54) is 38.6 Å². The van der Waals surface area contributed by atoms with E-state index in [2.05, 4.69) is 39.4 Å². The van der Waals surface area contributed by atoms with E-state index in [0.29, 0.717) is 6.54 Å². The largest absolute Gasteiger partial charge is 0.339 e. The first-order valence-corrected chi connectivity index (χ1v) is 9.61. The fourth-order valence-corrected chi connectivity index (χ4v) is 4.84. The number of amides is 1. The Labute approximate surface area is 145 Å². The molecule has 1 spiro atoms. The van der Waals surface area contributed by atoms with Crippen LogP contribution in [0.5, 0.6) is 0 Å². The molecule has 1 aromatic rings. The molecule has 0 bridgehead atoms. The molecule has 1 aliphatic carbocycles. The molecule has 1 aromatic carbocycles. The first-order valence-electron chi connectivity index (χ1n) is 9.61. The summed E-state index contributed by atoms with van der Waals surface area (Å²) in [5.41, 5.74) is 0.998. The quantitative estimate of drug-likeness (QED) is 0.927. The SMILES string of the molecule is O=C1CN(c2ccccc2)C2(CCN(CC3CCCCC3)CC2)N1. The predicted octanol–water partition coefficient (Wildman–Crippen LogP) is 3.00. The Morgan fingerprint density at radius 2 is 1.75 bits per heavy atom. The average Bonchev–Trinajstić information content (AvgIpc) is 2.95. The van der Waals surface area contributed by atoms with Gasteiger partial charge in [0, 0.05) is 38.2 Å². The third kappa shape index (κ3) is 3.16. The Kier molecular flexibility index (Phi) is 4.49. The van der Waals surface area contributed by atoms with Crippen molar-refractivity contribution in [2.75, 3.05) is 31.1 Å². The standard InChI is InChI=1S/C20H29N3O/c24-19-16-23(18-9-5-2-6-10-18)20(21-19)11-13-22(14-12-20)15-17-7-3-1-4-8-17/h2,5-6,9-10,17H,1,3-4,7-8,11-16H2,(H,21,24). The minimum atomic E-state index is -0.165. The maximum absolute atomic E-state index is 12.1. The fraction of sp³-hybridized carbons (Fsp3) is 0.650. The molecule has 4 heteroatoms. The number of rotatable bonds is 3. The summed E-state index contributed by atoms with van der Waals surface area (Å²) in [7, 11) is 0. The maximum Gasteiger partial charge on any atom is 0.241 e. The van der Waals surface area contributed by atoms with Crippen LogP contribution >= 0.6 is 0 Å². The van der Waals surface area contributed by atoms with Gasteiger partial charge in [0.1, 0.15) is 5.66 Å². The fourth-order valence-electron chi connectivity index (χ4n) is 4.84. The lowest BCUT2D eigenvalue weighted by molar-refractivity contribution is -0.119. The molecule has 3 fully saturated rings. The number of para-hydroxylation sites is 1. The normalized spacial score (nSPS) is 25.2. The first-order chi connectivity index (χ1) is 11.8. The molecule has 24 heavy (non-hydrogen) atoms. The second-order valence-electron chi connectivity index (χ2n) is 7.81. The van der Waals surface area contributed by atoms with E-state index in [4.69, 9.17) is 0 Å². The molecule has 2 aliphatic heterocycles. The molecule has 4 rings (SSSR count). The van der Waals surface area contributed by atoms with Crippen LogP contribution in [-0.2, 0) is 4.79 Å². The smallest absolute Gasteiger partial charge is 0.241 e. The number of piperidine rings is 1. The van der Waals surface area contributed by atoms with Gasteiger partial charge in [0.25, 0.3) is 0 Å². The predicted molar refractivity (Wildman–Crippen MR) is 96.9 cm³/mol. The Morgan fingerprint density at radius 1 is 1.04 bits per heavy atom. The minimum absolute atomic E-state index is 0.165. The van der Waals surface area contributed by atoms with Gasteiger partial charge in [-0.25, -0.2) is 0 Å². The van der Waals surface area contributed by atoms with Crippen molar-refractivity contribution in [3.05, 3.63) is 30.3 Å². The molecular weight excluding hydrogens is 298 g/mol. The van der Waals surface area contributed by atoms with Crippen LogP contribution < -0.4 is 10.2 Å². The van der Waals surface area contributed by atoms with Gasteiger partial charge < -0.3 is 15.1 Å². The molecule has 3 aliphatic rings. The Hall–Kier alpha value is -1.55. The number of hydrogen-bond acceptors (Lipinski definition) is 3. The molecule has 0 aromatic heterocycles. The van der Waals surface area contributed by atoms with Crippen LogP contribution in [0.3, 0.4) is 0 Å². The minimum Gasteiger partial charge on any atom is -0.339 e. The van der Waals surface area contributed by atoms with Gasteiger partial charge in [-0.1, -0.05) is 37.5 Å². The molecule has 0 radical (unpaired) electrons. The van der Waals surface area contributed by atoms with Crippen LogP contribution in [0.4, 0.5) is 5.69 Å². The summed E-state index contributed by atoms with van der Waals surface area (Å²) in [5, 5.41) is 3.30. The van der Waals surface area contributed by atoms with Crippen molar-refractivity contribution in [1.82, 2.24) is 10.2 Å². The zero-order valence-corrected chi connectivity index (χ0v) is 14.5. The van der Waals surface area contributed by atoms with Crippen molar-refractivity contribution < 1.29 is 4.79 Å². The van der Waals surface area contributed by atoms with Crippen molar-refractivity contribution >= 4 is 11.6 Å². The van der Waals surface area contributed by atoms with E-state index < -0.39 is 0 Å². The van der Waals surface area contributed by atoms with Crippen molar-refractivity contribution in [3.63, 3.8) is 0 Å². The summed E-state index contributed by atoms with van der Waals surface area (Å²) in [4.78, 5) is 17.1. The van der Waals surface area contributed by atoms with Crippen LogP contribution in [0.2, 0.25) is 0 Å². The van der Waals surface area contributed by atoms with Gasteiger partial charge in [0.15, 0.2) is 0 Å². The van der Waals surface area contributed by atoms with E-state index in [1.807, 2.05) is 6.07 Å². The molecule has 2 saturated heterocycles. The summed E-state index contributed by atoms with van der Waals surface area (Å²) in [6.07, 6.45) is 9.14. The highest BCUT2D eigenvalue weighted by Gasteiger charge is 2.46. The van der Waals surface area contributed by atoms with Crippen molar-refractivity contribution in [1.29, 1.82) is 0 Å². The summed E-state index contributed by atoms with van der Waals surface area (Å²) >= 11 is 0. The number of carbonyl (C=O) groups is 1. The first kappa shape index (κ1) is 15.9. The van der Waals surface area contributed by atoms with Crippen LogP contribution in [0.1, 0.15) is 44.9 Å². The molecule has 1 amide bonds. The number of likely N-dealkylation sites (tertiary alicyclic amines) is 1. The van der Waals surface area contributed by atoms with E-state index in [0.717, 1.165) is 37.5 Å². The highest BCUT2D eigenvalue weighted by Crippen LogP contribution is 2.35. The molecule has 2 heterocycles. The van der Waals surface area contributed by atoms with E-state index >= 15 is 0 Å². The van der Waals surface area contributed by atoms with Gasteiger partial charge in [-0.3, -0.25) is 4.79 Å². The summed E-state index contributed by atoms with van der Waals surface area (Å²) in [6, 6.07) is 10.4. The van der Waals surface area contributed by atoms with Gasteiger partial charge in [0.2, 0.25) is 5.91 Å². The second kappa shape index (κ2) is 6.75. The van der Waals surface area contributed by atoms with Crippen LogP contribution in [0.25, 0.3) is 0 Å². The highest BCUT2D eigenvalue weighted by atomic mass is 16.2. The maximum atomic E-state index is 12.1. The zero-order valence-electron chi connectivity index (χ0n) is 14.5. The van der Waals surface area contributed by atoms with E-state index in [9.17, 15) is 4.79 Å². The van der Waals surface area contributed by atoms with Crippen molar-refractivity contribution in [2.45, 2.75) is 50.6 Å². The summed E-state index contributed by atoms with van der Waals surface area (Å²) < 4.78 is 0. The molecule has 0 atom stereocenters. The van der Waals surface area contributed by atoms with Gasteiger partial charge in [-0.05, 0) is 30.9 Å². The second-order valence-corrected chi connectivity index (χ2v) is 7.81. The summed E-state index contributed by atoms with van der Waals surface area (Å²) in [5.74, 6) is 1.07. The number of benzene rings is 1. The molecule has 1 N–H and O–H groups in total. The van der Waals surface area contributed by atoms with Gasteiger partial charge >= 0.3 is 0 Å². The monoisotopic (exact) mass is 327 g/mol. The Morgan fingerprint density at radius 3 is 2.46 bits per heavy atom. The van der Waals surface area contributed by atoms with Crippen molar-refractivity contribution in [2.24, 2.45) is 5.92 Å². The van der Waals surface area contributed by atoms with Crippen LogP contribution in [0.15, 0.2) is 30.3 Å². The molecule has 0 unspecified atom stereocenters. The lowest BCUT2D eigenvalue weighted by atomic mass is 9.87. The molecule has 4 nitrogen and oxygen atoms in total. The lowest BCUT2D eigenvalue weighted by Crippen LogP contribution is -2.59. The number of anilines is 1. The topological polar surface area (TPSA) is 35.6 Å². The van der Waals surface area contributed by atoms with Gasteiger partial charge in [-0.2, -0.15) is 0 Å². The van der Waals surface area contributed by atoms with Crippen LogP contribution in [0, 0.1) is 5.92 Å². The molecule has 130 valence electrons. The zero-order chi connectivity index (χ0) is 16.4. The number of nitrogens with one attached hydrogen (secondary N) is 1. The van der Waals surface area contributed by atoms with Gasteiger partial charge in [0.05, 0.1) is 6.54 Å². The highest BCUT2D eigenvalue weighted by molar-refractivity contribution is 5.86. The number of nitrogens with zero attached hydrogens (tertiary/aromatic N) is 2. The van der Waals surface area contributed by atoms with Crippen molar-refractivity contribution in [3.8, 4) is 0 Å². The average molecular weight is 327 g/mol. The Bertz CT molecular complexity index is 560. The van der Waals surface area contributed by atoms with Gasteiger partial charge in [-0.15, -0.1) is 0 Å². The Balaban J connectivity index is 1.41. The third-order valence-corrected chi connectivity index (χ3v) is 6.18. The van der Waals surface area contributed by atoms with E-state index in [1.54, 1.807) is 0 Å². The van der Waals surface area contributed by atoms with Crippen LogP contribution in [-0.4, -0.2) is 42.6 Å². The lowest BCUT2D eigenvalue weighted by Gasteiger charge is -2.45. The molecule has 1 saturated carbocycles. The molecular formula is C20H29N3O. The third-order valence-electron chi connectivity index (χ3n) is 6.18.